The minimum atomic E-state index is -4.78. The minimum absolute atomic E-state index is 0.120. The Bertz CT molecular complexity index is 498. The van der Waals surface area contributed by atoms with E-state index in [9.17, 15) is 23.1 Å². The molecule has 1 aromatic rings. The standard InChI is InChI=1S/C15H19BrF3NO3/c1-10(21)20(14(13(22)8-16)15(17,18)19)12(9-23-2)11-6-4-3-5-7-11/h3-7,12-14,22H,8-9H2,1-2H3. The first-order valence-corrected chi connectivity index (χ1v) is 7.99. The minimum Gasteiger partial charge on any atom is -0.390 e. The van der Waals surface area contributed by atoms with E-state index < -0.39 is 30.3 Å². The Hall–Kier alpha value is -1.12. The molecule has 130 valence electrons. The van der Waals surface area contributed by atoms with E-state index in [1.165, 1.54) is 7.11 Å². The maximum absolute atomic E-state index is 13.5. The molecule has 0 bridgehead atoms. The van der Waals surface area contributed by atoms with Crippen LogP contribution in [0.1, 0.15) is 18.5 Å². The van der Waals surface area contributed by atoms with Gasteiger partial charge >= 0.3 is 6.18 Å². The van der Waals surface area contributed by atoms with E-state index in [-0.39, 0.29) is 11.9 Å². The molecule has 0 aromatic heterocycles. The number of aliphatic hydroxyl groups excluding tert-OH is 1. The number of aliphatic hydroxyl groups is 1. The monoisotopic (exact) mass is 397 g/mol. The van der Waals surface area contributed by atoms with Crippen molar-refractivity contribution in [3.05, 3.63) is 35.9 Å². The van der Waals surface area contributed by atoms with Gasteiger partial charge in [0.25, 0.3) is 0 Å². The molecule has 1 amide bonds. The molecule has 23 heavy (non-hydrogen) atoms. The highest BCUT2D eigenvalue weighted by atomic mass is 79.9. The number of ether oxygens (including phenoxy) is 1. The molecule has 0 aliphatic heterocycles. The van der Waals surface area contributed by atoms with Gasteiger partial charge in [-0.25, -0.2) is 0 Å². The molecule has 0 radical (unpaired) electrons. The molecule has 1 rings (SSSR count). The number of alkyl halides is 4. The average molecular weight is 398 g/mol. The van der Waals surface area contributed by atoms with Crippen LogP contribution < -0.4 is 0 Å². The van der Waals surface area contributed by atoms with Crippen LogP contribution in [0.25, 0.3) is 0 Å². The highest BCUT2D eigenvalue weighted by Crippen LogP contribution is 2.34. The zero-order valence-corrected chi connectivity index (χ0v) is 14.3. The second-order valence-electron chi connectivity index (χ2n) is 5.02. The van der Waals surface area contributed by atoms with Gasteiger partial charge in [0.1, 0.15) is 0 Å². The van der Waals surface area contributed by atoms with Crippen molar-refractivity contribution in [3.63, 3.8) is 0 Å². The molecule has 0 saturated carbocycles. The summed E-state index contributed by atoms with van der Waals surface area (Å²) in [5, 5.41) is 9.52. The van der Waals surface area contributed by atoms with Gasteiger partial charge in [-0.2, -0.15) is 13.2 Å². The summed E-state index contributed by atoms with van der Waals surface area (Å²) in [7, 11) is 1.35. The number of carbonyl (C=O) groups excluding carboxylic acids is 1. The van der Waals surface area contributed by atoms with Crippen LogP contribution in [-0.2, 0) is 9.53 Å². The highest BCUT2D eigenvalue weighted by molar-refractivity contribution is 9.09. The summed E-state index contributed by atoms with van der Waals surface area (Å²) in [5.41, 5.74) is 0.501. The summed E-state index contributed by atoms with van der Waals surface area (Å²) < 4.78 is 45.4. The third-order valence-corrected chi connectivity index (χ3v) is 4.03. The molecule has 0 spiro atoms. The fourth-order valence-corrected chi connectivity index (χ4v) is 2.78. The van der Waals surface area contributed by atoms with E-state index in [0.29, 0.717) is 10.5 Å². The number of methoxy groups -OCH3 is 1. The van der Waals surface area contributed by atoms with E-state index in [4.69, 9.17) is 4.74 Å². The summed E-state index contributed by atoms with van der Waals surface area (Å²) in [4.78, 5) is 12.6. The van der Waals surface area contributed by atoms with Gasteiger partial charge in [0, 0.05) is 19.4 Å². The Balaban J connectivity index is 3.36. The SMILES string of the molecule is COCC(c1ccccc1)N(C(C)=O)C(C(O)CBr)C(F)(F)F. The predicted molar refractivity (Wildman–Crippen MR) is 83.2 cm³/mol. The predicted octanol–water partition coefficient (Wildman–Crippen LogP) is 2.91. The summed E-state index contributed by atoms with van der Waals surface area (Å²) >= 11 is 2.85. The van der Waals surface area contributed by atoms with Crippen molar-refractivity contribution < 1.29 is 27.8 Å². The molecule has 1 aromatic carbocycles. The van der Waals surface area contributed by atoms with Crippen molar-refractivity contribution in [3.8, 4) is 0 Å². The average Bonchev–Trinajstić information content (AvgIpc) is 2.49. The number of hydrogen-bond donors (Lipinski definition) is 1. The molecule has 3 unspecified atom stereocenters. The van der Waals surface area contributed by atoms with Gasteiger partial charge in [0.05, 0.1) is 18.8 Å². The summed E-state index contributed by atoms with van der Waals surface area (Å²) in [5.74, 6) is -0.793. The number of rotatable bonds is 7. The van der Waals surface area contributed by atoms with Crippen LogP contribution >= 0.6 is 15.9 Å². The summed E-state index contributed by atoms with van der Waals surface area (Å²) in [6, 6.07) is 5.00. The van der Waals surface area contributed by atoms with Crippen LogP contribution in [0.2, 0.25) is 0 Å². The first-order chi connectivity index (χ1) is 10.7. The molecule has 0 fully saturated rings. The Kier molecular flexibility index (Phi) is 7.50. The number of carbonyl (C=O) groups is 1. The summed E-state index contributed by atoms with van der Waals surface area (Å²) in [6.07, 6.45) is -6.57. The van der Waals surface area contributed by atoms with Gasteiger partial charge < -0.3 is 14.7 Å². The number of benzene rings is 1. The number of halogens is 4. The maximum Gasteiger partial charge on any atom is 0.411 e. The van der Waals surface area contributed by atoms with Crippen LogP contribution in [-0.4, -0.2) is 53.3 Å². The summed E-state index contributed by atoms with van der Waals surface area (Å²) in [6.45, 7) is 0.927. The van der Waals surface area contributed by atoms with Crippen LogP contribution in [0.3, 0.4) is 0 Å². The Morgan fingerprint density at radius 3 is 2.30 bits per heavy atom. The molecule has 0 heterocycles. The second kappa shape index (κ2) is 8.65. The van der Waals surface area contributed by atoms with E-state index >= 15 is 0 Å². The molecule has 0 aliphatic rings. The van der Waals surface area contributed by atoms with E-state index in [2.05, 4.69) is 15.9 Å². The zero-order chi connectivity index (χ0) is 17.6. The zero-order valence-electron chi connectivity index (χ0n) is 12.8. The lowest BCUT2D eigenvalue weighted by molar-refractivity contribution is -0.215. The molecule has 0 aliphatic carbocycles. The van der Waals surface area contributed by atoms with Crippen LogP contribution in [0, 0.1) is 0 Å². The highest BCUT2D eigenvalue weighted by Gasteiger charge is 2.50. The molecule has 0 saturated heterocycles. The van der Waals surface area contributed by atoms with Crippen molar-refractivity contribution in [2.75, 3.05) is 19.0 Å². The number of nitrogens with zero attached hydrogens (tertiary/aromatic N) is 1. The van der Waals surface area contributed by atoms with Gasteiger partial charge in [-0.05, 0) is 5.56 Å². The van der Waals surface area contributed by atoms with Gasteiger partial charge in [-0.15, -0.1) is 0 Å². The third-order valence-electron chi connectivity index (χ3n) is 3.37. The second-order valence-corrected chi connectivity index (χ2v) is 5.66. The van der Waals surface area contributed by atoms with Crippen LogP contribution in [0.15, 0.2) is 30.3 Å². The molecule has 8 heteroatoms. The smallest absolute Gasteiger partial charge is 0.390 e. The van der Waals surface area contributed by atoms with Gasteiger partial charge in [-0.3, -0.25) is 4.79 Å². The number of hydrogen-bond acceptors (Lipinski definition) is 3. The Labute approximate surface area is 141 Å². The maximum atomic E-state index is 13.5. The Morgan fingerprint density at radius 1 is 1.35 bits per heavy atom. The molecule has 4 nitrogen and oxygen atoms in total. The van der Waals surface area contributed by atoms with Gasteiger partial charge in [0.2, 0.25) is 5.91 Å². The van der Waals surface area contributed by atoms with Crippen molar-refractivity contribution in [1.29, 1.82) is 0 Å². The van der Waals surface area contributed by atoms with Crippen molar-refractivity contribution in [2.45, 2.75) is 31.3 Å². The van der Waals surface area contributed by atoms with Crippen LogP contribution in [0.5, 0.6) is 0 Å². The van der Waals surface area contributed by atoms with Crippen LogP contribution in [0.4, 0.5) is 13.2 Å². The topological polar surface area (TPSA) is 49.8 Å². The van der Waals surface area contributed by atoms with E-state index in [1.807, 2.05) is 0 Å². The molecular weight excluding hydrogens is 379 g/mol. The largest absolute Gasteiger partial charge is 0.411 e. The lowest BCUT2D eigenvalue weighted by atomic mass is 10.0. The van der Waals surface area contributed by atoms with E-state index in [0.717, 1.165) is 6.92 Å². The third kappa shape index (κ3) is 5.19. The lowest BCUT2D eigenvalue weighted by Crippen LogP contribution is -2.57. The molecule has 1 N–H and O–H groups in total. The van der Waals surface area contributed by atoms with E-state index in [1.54, 1.807) is 30.3 Å². The fourth-order valence-electron chi connectivity index (χ4n) is 2.42. The number of amides is 1. The lowest BCUT2D eigenvalue weighted by Gasteiger charge is -2.40. The molecule has 3 atom stereocenters. The fraction of sp³-hybridized carbons (Fsp3) is 0.533. The van der Waals surface area contributed by atoms with Crippen molar-refractivity contribution in [2.24, 2.45) is 0 Å². The molecular formula is C15H19BrF3NO3. The van der Waals surface area contributed by atoms with Crippen molar-refractivity contribution in [1.82, 2.24) is 4.90 Å². The first-order valence-electron chi connectivity index (χ1n) is 6.87. The first kappa shape index (κ1) is 19.9. The van der Waals surface area contributed by atoms with Gasteiger partial charge in [-0.1, -0.05) is 46.3 Å². The van der Waals surface area contributed by atoms with Crippen molar-refractivity contribution >= 4 is 21.8 Å². The quantitative estimate of drug-likeness (QED) is 0.719. The Morgan fingerprint density at radius 2 is 1.91 bits per heavy atom. The van der Waals surface area contributed by atoms with Gasteiger partial charge in [0.15, 0.2) is 6.04 Å². The normalized spacial score (nSPS) is 15.8.